The Hall–Kier alpha value is -0.840. The van der Waals surface area contributed by atoms with E-state index >= 15 is 0 Å². The average Bonchev–Trinajstić information content (AvgIpc) is 2.03. The first-order valence-corrected chi connectivity index (χ1v) is 6.05. The summed E-state index contributed by atoms with van der Waals surface area (Å²) in [6, 6.07) is 0. The largest absolute Gasteiger partial charge is 0.274 e. The van der Waals surface area contributed by atoms with E-state index in [9.17, 15) is 13.2 Å². The van der Waals surface area contributed by atoms with E-state index in [2.05, 4.69) is 0 Å². The molecule has 1 atom stereocenters. The zero-order chi connectivity index (χ0) is 9.90. The molecule has 0 aromatic rings. The van der Waals surface area contributed by atoms with E-state index in [1.165, 1.54) is 0 Å². The van der Waals surface area contributed by atoms with Gasteiger partial charge in [0.05, 0.1) is 6.26 Å². The van der Waals surface area contributed by atoms with Crippen LogP contribution in [-0.2, 0) is 14.8 Å². The number of carbonyl (C=O) groups is 1. The van der Waals surface area contributed by atoms with Crippen molar-refractivity contribution >= 4 is 15.9 Å². The molecule has 0 aromatic carbocycles. The Labute approximate surface area is 78.1 Å². The fraction of sp³-hybridized carbons (Fsp3) is 0.625. The molecule has 13 heavy (non-hydrogen) atoms. The number of sulfonamides is 1. The minimum absolute atomic E-state index is 0.181. The molecule has 1 N–H and O–H groups in total. The number of amides is 1. The van der Waals surface area contributed by atoms with Crippen LogP contribution in [0.1, 0.15) is 19.3 Å². The molecular formula is C8H13NO3S. The van der Waals surface area contributed by atoms with E-state index in [-0.39, 0.29) is 11.8 Å². The summed E-state index contributed by atoms with van der Waals surface area (Å²) >= 11 is 0. The monoisotopic (exact) mass is 203 g/mol. The summed E-state index contributed by atoms with van der Waals surface area (Å²) in [6.45, 7) is 0. The van der Waals surface area contributed by atoms with Gasteiger partial charge >= 0.3 is 0 Å². The molecule has 4 nitrogen and oxygen atoms in total. The lowest BCUT2D eigenvalue weighted by atomic mass is 9.94. The van der Waals surface area contributed by atoms with Gasteiger partial charge in [0, 0.05) is 5.92 Å². The maximum atomic E-state index is 11.3. The topological polar surface area (TPSA) is 63.2 Å². The standard InChI is InChI=1S/C8H13NO3S/c1-13(11,12)9-8(10)7-5-3-2-4-6-7/h2-3,7H,4-6H2,1H3,(H,9,10). The minimum atomic E-state index is -3.40. The Balaban J connectivity index is 2.53. The third kappa shape index (κ3) is 3.59. The van der Waals surface area contributed by atoms with Crippen LogP contribution in [0.25, 0.3) is 0 Å². The second-order valence-electron chi connectivity index (χ2n) is 3.22. The quantitative estimate of drug-likeness (QED) is 0.661. The Morgan fingerprint density at radius 3 is 2.62 bits per heavy atom. The molecule has 0 aliphatic heterocycles. The number of rotatable bonds is 2. The summed E-state index contributed by atoms with van der Waals surface area (Å²) in [5.41, 5.74) is 0. The number of carbonyl (C=O) groups excluding carboxylic acids is 1. The smallest absolute Gasteiger partial charge is 0.236 e. The van der Waals surface area contributed by atoms with Crippen LogP contribution >= 0.6 is 0 Å². The normalized spacial score (nSPS) is 22.7. The van der Waals surface area contributed by atoms with Crippen molar-refractivity contribution < 1.29 is 13.2 Å². The SMILES string of the molecule is CS(=O)(=O)NC(=O)C1CC=CCC1. The van der Waals surface area contributed by atoms with Crippen molar-refractivity contribution in [2.24, 2.45) is 5.92 Å². The third-order valence-corrected chi connectivity index (χ3v) is 2.50. The fourth-order valence-corrected chi connectivity index (χ4v) is 1.83. The van der Waals surface area contributed by atoms with Crippen molar-refractivity contribution in [3.05, 3.63) is 12.2 Å². The first kappa shape index (κ1) is 10.2. The maximum absolute atomic E-state index is 11.3. The molecule has 0 spiro atoms. The predicted octanol–water partition coefficient (Wildman–Crippen LogP) is 0.418. The molecule has 1 rings (SSSR count). The van der Waals surface area contributed by atoms with E-state index in [1.807, 2.05) is 16.9 Å². The molecule has 5 heteroatoms. The maximum Gasteiger partial charge on any atom is 0.236 e. The van der Waals surface area contributed by atoms with Crippen molar-refractivity contribution in [1.82, 2.24) is 4.72 Å². The van der Waals surface area contributed by atoms with Gasteiger partial charge in [-0.1, -0.05) is 12.2 Å². The van der Waals surface area contributed by atoms with Crippen LogP contribution in [-0.4, -0.2) is 20.6 Å². The van der Waals surface area contributed by atoms with Crippen LogP contribution in [0.15, 0.2) is 12.2 Å². The summed E-state index contributed by atoms with van der Waals surface area (Å²) in [5.74, 6) is -0.563. The van der Waals surface area contributed by atoms with E-state index in [1.54, 1.807) is 0 Å². The molecule has 74 valence electrons. The lowest BCUT2D eigenvalue weighted by Crippen LogP contribution is -2.35. The summed E-state index contributed by atoms with van der Waals surface area (Å²) in [5, 5.41) is 0. The van der Waals surface area contributed by atoms with E-state index in [0.717, 1.165) is 19.1 Å². The highest BCUT2D eigenvalue weighted by Crippen LogP contribution is 2.17. The number of nitrogens with one attached hydrogen (secondary N) is 1. The molecule has 0 saturated heterocycles. The van der Waals surface area contributed by atoms with Crippen LogP contribution in [0.5, 0.6) is 0 Å². The van der Waals surface area contributed by atoms with Crippen molar-refractivity contribution in [2.45, 2.75) is 19.3 Å². The first-order valence-electron chi connectivity index (χ1n) is 4.15. The summed E-state index contributed by atoms with van der Waals surface area (Å²) in [7, 11) is -3.40. The molecule has 0 saturated carbocycles. The Morgan fingerprint density at radius 1 is 1.46 bits per heavy atom. The van der Waals surface area contributed by atoms with Gasteiger partial charge in [-0.15, -0.1) is 0 Å². The zero-order valence-corrected chi connectivity index (χ0v) is 8.30. The third-order valence-electron chi connectivity index (χ3n) is 1.93. The second-order valence-corrected chi connectivity index (χ2v) is 4.97. The van der Waals surface area contributed by atoms with Crippen molar-refractivity contribution in [3.63, 3.8) is 0 Å². The van der Waals surface area contributed by atoms with Crippen molar-refractivity contribution in [1.29, 1.82) is 0 Å². The molecule has 1 aliphatic carbocycles. The van der Waals surface area contributed by atoms with Crippen LogP contribution in [0, 0.1) is 5.92 Å². The van der Waals surface area contributed by atoms with Crippen molar-refractivity contribution in [2.75, 3.05) is 6.26 Å². The van der Waals surface area contributed by atoms with E-state index in [0.29, 0.717) is 6.42 Å². The van der Waals surface area contributed by atoms with Crippen LogP contribution in [0.3, 0.4) is 0 Å². The van der Waals surface area contributed by atoms with Gasteiger partial charge in [-0.3, -0.25) is 9.52 Å². The molecule has 0 radical (unpaired) electrons. The Bertz CT molecular complexity index is 318. The highest BCUT2D eigenvalue weighted by Gasteiger charge is 2.20. The van der Waals surface area contributed by atoms with Gasteiger partial charge < -0.3 is 0 Å². The molecule has 1 unspecified atom stereocenters. The van der Waals surface area contributed by atoms with Gasteiger partial charge in [0.2, 0.25) is 15.9 Å². The average molecular weight is 203 g/mol. The molecule has 0 fully saturated rings. The van der Waals surface area contributed by atoms with Gasteiger partial charge in [-0.05, 0) is 19.3 Å². The van der Waals surface area contributed by atoms with Crippen LogP contribution < -0.4 is 4.72 Å². The highest BCUT2D eigenvalue weighted by atomic mass is 32.2. The summed E-state index contributed by atoms with van der Waals surface area (Å²) < 4.78 is 23.5. The van der Waals surface area contributed by atoms with Gasteiger partial charge in [0.1, 0.15) is 0 Å². The molecular weight excluding hydrogens is 190 g/mol. The highest BCUT2D eigenvalue weighted by molar-refractivity contribution is 7.89. The van der Waals surface area contributed by atoms with E-state index < -0.39 is 10.0 Å². The molecule has 0 heterocycles. The number of allylic oxidation sites excluding steroid dienone is 2. The lowest BCUT2D eigenvalue weighted by Gasteiger charge is -2.15. The number of hydrogen-bond acceptors (Lipinski definition) is 3. The van der Waals surface area contributed by atoms with Gasteiger partial charge in [0.25, 0.3) is 0 Å². The molecule has 1 amide bonds. The fourth-order valence-electron chi connectivity index (χ4n) is 1.30. The second kappa shape index (κ2) is 3.91. The van der Waals surface area contributed by atoms with Gasteiger partial charge in [0.15, 0.2) is 0 Å². The van der Waals surface area contributed by atoms with Crippen molar-refractivity contribution in [3.8, 4) is 0 Å². The molecule has 0 bridgehead atoms. The van der Waals surface area contributed by atoms with E-state index in [4.69, 9.17) is 0 Å². The zero-order valence-electron chi connectivity index (χ0n) is 7.49. The molecule has 1 aliphatic rings. The van der Waals surface area contributed by atoms with Gasteiger partial charge in [-0.25, -0.2) is 8.42 Å². The minimum Gasteiger partial charge on any atom is -0.274 e. The number of hydrogen-bond donors (Lipinski definition) is 1. The predicted molar refractivity (Wildman–Crippen MR) is 49.5 cm³/mol. The first-order chi connectivity index (χ1) is 5.99. The molecule has 0 aromatic heterocycles. The lowest BCUT2D eigenvalue weighted by molar-refractivity contribution is -0.123. The Morgan fingerprint density at radius 2 is 2.15 bits per heavy atom. The summed E-state index contributed by atoms with van der Waals surface area (Å²) in [6.07, 6.45) is 7.13. The van der Waals surface area contributed by atoms with Crippen LogP contribution in [0.2, 0.25) is 0 Å². The Kier molecular flexibility index (Phi) is 3.08. The van der Waals surface area contributed by atoms with Gasteiger partial charge in [-0.2, -0.15) is 0 Å². The van der Waals surface area contributed by atoms with Crippen LogP contribution in [0.4, 0.5) is 0 Å². The summed E-state index contributed by atoms with van der Waals surface area (Å²) in [4.78, 5) is 11.3.